The van der Waals surface area contributed by atoms with Crippen molar-refractivity contribution in [3.05, 3.63) is 76.3 Å². The van der Waals surface area contributed by atoms with Crippen LogP contribution in [0.25, 0.3) is 0 Å². The number of carbonyl (C=O) groups is 1. The molecule has 1 amide bonds. The van der Waals surface area contributed by atoms with E-state index in [-0.39, 0.29) is 20.5 Å². The van der Waals surface area contributed by atoms with Crippen LogP contribution in [-0.4, -0.2) is 28.0 Å². The van der Waals surface area contributed by atoms with Crippen molar-refractivity contribution in [2.75, 3.05) is 23.8 Å². The van der Waals surface area contributed by atoms with Crippen molar-refractivity contribution < 1.29 is 22.7 Å². The molecule has 0 saturated carbocycles. The van der Waals surface area contributed by atoms with Crippen LogP contribution in [0.15, 0.2) is 65.6 Å². The smallest absolute Gasteiger partial charge is 0.263 e. The maximum Gasteiger partial charge on any atom is 0.263 e. The average molecular weight is 495 g/mol. The second kappa shape index (κ2) is 10.1. The number of benzene rings is 3. The lowest BCUT2D eigenvalue weighted by Crippen LogP contribution is -2.17. The van der Waals surface area contributed by atoms with E-state index in [9.17, 15) is 13.2 Å². The molecule has 0 radical (unpaired) electrons. The zero-order chi connectivity index (χ0) is 23.3. The topological polar surface area (TPSA) is 93.7 Å². The zero-order valence-electron chi connectivity index (χ0n) is 17.2. The molecular formula is C22H20Cl2N2O5S. The molecule has 0 aliphatic rings. The molecule has 3 aromatic carbocycles. The molecule has 2 N–H and O–H groups in total. The van der Waals surface area contributed by atoms with Gasteiger partial charge in [0.15, 0.2) is 0 Å². The Morgan fingerprint density at radius 3 is 2.09 bits per heavy atom. The van der Waals surface area contributed by atoms with E-state index in [0.29, 0.717) is 29.5 Å². The lowest BCUT2D eigenvalue weighted by Gasteiger charge is -2.13. The maximum atomic E-state index is 12.9. The minimum atomic E-state index is -4.10. The van der Waals surface area contributed by atoms with Gasteiger partial charge in [0, 0.05) is 11.4 Å². The van der Waals surface area contributed by atoms with Crippen molar-refractivity contribution in [1.82, 2.24) is 0 Å². The van der Waals surface area contributed by atoms with Gasteiger partial charge in [0.2, 0.25) is 0 Å². The van der Waals surface area contributed by atoms with Crippen LogP contribution in [0.4, 0.5) is 11.4 Å². The van der Waals surface area contributed by atoms with E-state index in [1.54, 1.807) is 48.5 Å². The molecule has 0 aromatic heterocycles. The summed E-state index contributed by atoms with van der Waals surface area (Å²) < 4.78 is 38.7. The average Bonchev–Trinajstić information content (AvgIpc) is 2.75. The van der Waals surface area contributed by atoms with E-state index >= 15 is 0 Å². The van der Waals surface area contributed by atoms with E-state index in [4.69, 9.17) is 32.7 Å². The van der Waals surface area contributed by atoms with Crippen molar-refractivity contribution >= 4 is 50.5 Å². The lowest BCUT2D eigenvalue weighted by molar-refractivity contribution is 0.102. The molecule has 0 spiro atoms. The van der Waals surface area contributed by atoms with E-state index < -0.39 is 15.9 Å². The third kappa shape index (κ3) is 5.64. The lowest BCUT2D eigenvalue weighted by atomic mass is 10.2. The molecule has 168 valence electrons. The number of amides is 1. The minimum Gasteiger partial charge on any atom is -0.497 e. The molecule has 0 aliphatic carbocycles. The van der Waals surface area contributed by atoms with Crippen LogP contribution in [0.3, 0.4) is 0 Å². The summed E-state index contributed by atoms with van der Waals surface area (Å²) in [6.45, 7) is 2.34. The molecule has 0 aliphatic heterocycles. The highest BCUT2D eigenvalue weighted by Gasteiger charge is 2.23. The Kier molecular flexibility index (Phi) is 7.50. The third-order valence-corrected chi connectivity index (χ3v) is 6.48. The molecule has 0 heterocycles. The molecule has 3 rings (SSSR count). The molecule has 7 nitrogen and oxygen atoms in total. The zero-order valence-corrected chi connectivity index (χ0v) is 19.5. The van der Waals surface area contributed by atoms with E-state index in [1.165, 1.54) is 13.2 Å². The molecule has 0 unspecified atom stereocenters. The van der Waals surface area contributed by atoms with Crippen LogP contribution in [0.5, 0.6) is 11.5 Å². The fourth-order valence-electron chi connectivity index (χ4n) is 2.78. The predicted octanol–water partition coefficient (Wildman–Crippen LogP) is 5.45. The SMILES string of the molecule is CCOc1ccc(NS(=O)(=O)c2cc(C(=O)Nc3ccc(OC)cc3)c(Cl)cc2Cl)cc1. The molecule has 0 saturated heterocycles. The van der Waals surface area contributed by atoms with Gasteiger partial charge in [-0.15, -0.1) is 0 Å². The van der Waals surface area contributed by atoms with Gasteiger partial charge < -0.3 is 14.8 Å². The molecule has 10 heteroatoms. The highest BCUT2D eigenvalue weighted by molar-refractivity contribution is 7.92. The Balaban J connectivity index is 1.86. The fourth-order valence-corrected chi connectivity index (χ4v) is 4.70. The quantitative estimate of drug-likeness (QED) is 0.433. The van der Waals surface area contributed by atoms with Crippen LogP contribution in [0, 0.1) is 0 Å². The van der Waals surface area contributed by atoms with Crippen LogP contribution in [0.2, 0.25) is 10.0 Å². The summed E-state index contributed by atoms with van der Waals surface area (Å²) >= 11 is 12.3. The van der Waals surface area contributed by atoms with Gasteiger partial charge >= 0.3 is 0 Å². The fraction of sp³-hybridized carbons (Fsp3) is 0.136. The normalized spacial score (nSPS) is 11.0. The second-order valence-corrected chi connectivity index (χ2v) is 8.97. The summed E-state index contributed by atoms with van der Waals surface area (Å²) in [6, 6.07) is 15.4. The van der Waals surface area contributed by atoms with E-state index in [1.807, 2.05) is 6.92 Å². The second-order valence-electron chi connectivity index (χ2n) is 6.51. The van der Waals surface area contributed by atoms with Crippen LogP contribution >= 0.6 is 23.2 Å². The minimum absolute atomic E-state index is 0.0148. The molecule has 0 fully saturated rings. The number of rotatable bonds is 8. The summed E-state index contributed by atoms with van der Waals surface area (Å²) in [6.07, 6.45) is 0. The molecule has 32 heavy (non-hydrogen) atoms. The number of hydrogen-bond donors (Lipinski definition) is 2. The summed E-state index contributed by atoms with van der Waals surface area (Å²) in [5.74, 6) is 0.646. The van der Waals surface area contributed by atoms with Gasteiger partial charge in [0.25, 0.3) is 15.9 Å². The van der Waals surface area contributed by atoms with E-state index in [0.717, 1.165) is 6.07 Å². The first kappa shape index (κ1) is 23.7. The summed E-state index contributed by atoms with van der Waals surface area (Å²) in [7, 11) is -2.57. The molecular weight excluding hydrogens is 475 g/mol. The number of anilines is 2. The summed E-state index contributed by atoms with van der Waals surface area (Å²) in [5.41, 5.74) is 0.751. The van der Waals surface area contributed by atoms with Gasteiger partial charge in [-0.25, -0.2) is 8.42 Å². The number of nitrogens with one attached hydrogen (secondary N) is 2. The van der Waals surface area contributed by atoms with Gasteiger partial charge in [0.05, 0.1) is 29.3 Å². The number of ether oxygens (including phenoxy) is 2. The summed E-state index contributed by atoms with van der Waals surface area (Å²) in [4.78, 5) is 12.5. The van der Waals surface area contributed by atoms with Gasteiger partial charge in [-0.05, 0) is 67.6 Å². The number of hydrogen-bond acceptors (Lipinski definition) is 5. The highest BCUT2D eigenvalue weighted by atomic mass is 35.5. The monoisotopic (exact) mass is 494 g/mol. The Hall–Kier alpha value is -2.94. The summed E-state index contributed by atoms with van der Waals surface area (Å²) in [5, 5.41) is 2.56. The first-order valence-corrected chi connectivity index (χ1v) is 11.7. The number of sulfonamides is 1. The standard InChI is InChI=1S/C22H20Cl2N2O5S/c1-3-31-17-10-6-15(7-11-17)26-32(28,29)21-12-18(19(23)13-20(21)24)22(27)25-14-4-8-16(30-2)9-5-14/h4-13,26H,3H2,1-2H3,(H,25,27). The number of methoxy groups -OCH3 is 1. The highest BCUT2D eigenvalue weighted by Crippen LogP contribution is 2.31. The Morgan fingerprint density at radius 2 is 1.50 bits per heavy atom. The van der Waals surface area contributed by atoms with Crippen molar-refractivity contribution in [3.8, 4) is 11.5 Å². The Labute approximate surface area is 196 Å². The van der Waals surface area contributed by atoms with Gasteiger partial charge in [-0.2, -0.15) is 0 Å². The largest absolute Gasteiger partial charge is 0.497 e. The number of halogens is 2. The Morgan fingerprint density at radius 1 is 0.906 bits per heavy atom. The van der Waals surface area contributed by atoms with Crippen LogP contribution in [0.1, 0.15) is 17.3 Å². The van der Waals surface area contributed by atoms with Crippen molar-refractivity contribution in [1.29, 1.82) is 0 Å². The third-order valence-electron chi connectivity index (χ3n) is 4.32. The molecule has 0 atom stereocenters. The first-order valence-electron chi connectivity index (χ1n) is 9.43. The van der Waals surface area contributed by atoms with Gasteiger partial charge in [-0.3, -0.25) is 9.52 Å². The van der Waals surface area contributed by atoms with Gasteiger partial charge in [0.1, 0.15) is 16.4 Å². The van der Waals surface area contributed by atoms with Crippen LogP contribution in [-0.2, 0) is 10.0 Å². The van der Waals surface area contributed by atoms with Crippen molar-refractivity contribution in [2.45, 2.75) is 11.8 Å². The predicted molar refractivity (Wildman–Crippen MR) is 126 cm³/mol. The maximum absolute atomic E-state index is 12.9. The molecule has 0 bridgehead atoms. The molecule has 3 aromatic rings. The van der Waals surface area contributed by atoms with Crippen molar-refractivity contribution in [2.24, 2.45) is 0 Å². The van der Waals surface area contributed by atoms with Crippen molar-refractivity contribution in [3.63, 3.8) is 0 Å². The number of carbonyl (C=O) groups excluding carboxylic acids is 1. The Bertz CT molecular complexity index is 1210. The van der Waals surface area contributed by atoms with Gasteiger partial charge in [-0.1, -0.05) is 23.2 Å². The van der Waals surface area contributed by atoms with E-state index in [2.05, 4.69) is 10.0 Å². The van der Waals surface area contributed by atoms with Crippen LogP contribution < -0.4 is 19.5 Å². The first-order chi connectivity index (χ1) is 15.2.